The number of amides is 1. The molecule has 4 nitrogen and oxygen atoms in total. The maximum atomic E-state index is 12.9. The number of benzene rings is 1. The van der Waals surface area contributed by atoms with Crippen molar-refractivity contribution in [3.8, 4) is 10.6 Å². The van der Waals surface area contributed by atoms with E-state index in [1.807, 2.05) is 48.7 Å². The van der Waals surface area contributed by atoms with Gasteiger partial charge in [0, 0.05) is 15.6 Å². The molecule has 3 heterocycles. The maximum Gasteiger partial charge on any atom is 0.258 e. The average Bonchev–Trinajstić information content (AvgIpc) is 3.22. The zero-order chi connectivity index (χ0) is 17.4. The van der Waals surface area contributed by atoms with Gasteiger partial charge in [0.05, 0.1) is 27.3 Å². The minimum absolute atomic E-state index is 0.164. The molecule has 0 bridgehead atoms. The fourth-order valence-corrected chi connectivity index (χ4v) is 4.15. The van der Waals surface area contributed by atoms with Gasteiger partial charge in [-0.3, -0.25) is 10.1 Å². The average molecular weight is 365 g/mol. The Morgan fingerprint density at radius 2 is 1.92 bits per heavy atom. The Kier molecular flexibility index (Phi) is 4.07. The van der Waals surface area contributed by atoms with Gasteiger partial charge < -0.3 is 0 Å². The second kappa shape index (κ2) is 6.38. The Morgan fingerprint density at radius 3 is 2.64 bits per heavy atom. The summed E-state index contributed by atoms with van der Waals surface area (Å²) < 4.78 is 0. The maximum absolute atomic E-state index is 12.9. The molecule has 6 heteroatoms. The van der Waals surface area contributed by atoms with Crippen LogP contribution in [0.5, 0.6) is 0 Å². The first kappa shape index (κ1) is 15.9. The molecule has 0 saturated carbocycles. The van der Waals surface area contributed by atoms with Crippen LogP contribution in [0, 0.1) is 13.8 Å². The number of pyridine rings is 1. The standard InChI is InChI=1S/C19H15N3OS2/c1-11-10-24-19(20-11)22-18(23)14-9-16(17-8-7-12(2)25-17)21-15-6-4-3-5-13(14)15/h3-10H,1-2H3,(H,20,22,23). The number of fused-ring (bicyclic) bond motifs is 1. The van der Waals surface area contributed by atoms with Gasteiger partial charge in [0.1, 0.15) is 0 Å². The molecule has 0 fully saturated rings. The van der Waals surface area contributed by atoms with E-state index in [9.17, 15) is 4.79 Å². The number of nitrogens with one attached hydrogen (secondary N) is 1. The number of carbonyl (C=O) groups excluding carboxylic acids is 1. The second-order valence-corrected chi connectivity index (χ2v) is 7.88. The first-order valence-corrected chi connectivity index (χ1v) is 9.50. The van der Waals surface area contributed by atoms with Crippen LogP contribution in [0.25, 0.3) is 21.5 Å². The van der Waals surface area contributed by atoms with E-state index in [1.54, 1.807) is 11.3 Å². The number of carbonyl (C=O) groups is 1. The molecule has 1 aromatic carbocycles. The summed E-state index contributed by atoms with van der Waals surface area (Å²) in [6.45, 7) is 3.97. The number of anilines is 1. The van der Waals surface area contributed by atoms with Crippen LogP contribution in [0.15, 0.2) is 47.8 Å². The topological polar surface area (TPSA) is 54.9 Å². The van der Waals surface area contributed by atoms with Gasteiger partial charge in [-0.2, -0.15) is 0 Å². The lowest BCUT2D eigenvalue weighted by Crippen LogP contribution is -2.13. The minimum Gasteiger partial charge on any atom is -0.298 e. The molecule has 0 atom stereocenters. The van der Waals surface area contributed by atoms with E-state index in [0.29, 0.717) is 10.7 Å². The van der Waals surface area contributed by atoms with Crippen molar-refractivity contribution >= 4 is 44.6 Å². The molecule has 1 N–H and O–H groups in total. The van der Waals surface area contributed by atoms with Crippen molar-refractivity contribution in [2.45, 2.75) is 13.8 Å². The Morgan fingerprint density at radius 1 is 1.08 bits per heavy atom. The van der Waals surface area contributed by atoms with Crippen LogP contribution in [0.3, 0.4) is 0 Å². The monoisotopic (exact) mass is 365 g/mol. The first-order valence-electron chi connectivity index (χ1n) is 7.80. The van der Waals surface area contributed by atoms with Gasteiger partial charge in [0.2, 0.25) is 0 Å². The smallest absolute Gasteiger partial charge is 0.258 e. The number of thiophene rings is 1. The number of para-hydroxylation sites is 1. The van der Waals surface area contributed by atoms with Crippen molar-refractivity contribution in [3.63, 3.8) is 0 Å². The fraction of sp³-hybridized carbons (Fsp3) is 0.105. The molecule has 1 amide bonds. The van der Waals surface area contributed by atoms with Crippen molar-refractivity contribution in [2.24, 2.45) is 0 Å². The third-order valence-corrected chi connectivity index (χ3v) is 5.69. The van der Waals surface area contributed by atoms with Crippen molar-refractivity contribution in [1.29, 1.82) is 0 Å². The largest absolute Gasteiger partial charge is 0.298 e. The highest BCUT2D eigenvalue weighted by molar-refractivity contribution is 7.15. The highest BCUT2D eigenvalue weighted by atomic mass is 32.1. The van der Waals surface area contributed by atoms with Crippen LogP contribution in [-0.2, 0) is 0 Å². The highest BCUT2D eigenvalue weighted by Gasteiger charge is 2.15. The molecule has 0 aliphatic rings. The van der Waals surface area contributed by atoms with Crippen molar-refractivity contribution < 1.29 is 4.79 Å². The minimum atomic E-state index is -0.164. The van der Waals surface area contributed by atoms with Crippen LogP contribution in [0.1, 0.15) is 20.9 Å². The Labute approximate surface area is 153 Å². The highest BCUT2D eigenvalue weighted by Crippen LogP contribution is 2.30. The van der Waals surface area contributed by atoms with Crippen LogP contribution < -0.4 is 5.32 Å². The normalized spacial score (nSPS) is 11.0. The number of rotatable bonds is 3. The van der Waals surface area contributed by atoms with Crippen LogP contribution >= 0.6 is 22.7 Å². The summed E-state index contributed by atoms with van der Waals surface area (Å²) in [6, 6.07) is 13.7. The van der Waals surface area contributed by atoms with E-state index in [2.05, 4.69) is 23.3 Å². The van der Waals surface area contributed by atoms with Crippen LogP contribution in [0.4, 0.5) is 5.13 Å². The van der Waals surface area contributed by atoms with Crippen molar-refractivity contribution in [1.82, 2.24) is 9.97 Å². The SMILES string of the molecule is Cc1csc(NC(=O)c2cc(-c3ccc(C)s3)nc3ccccc23)n1. The number of aromatic nitrogens is 2. The lowest BCUT2D eigenvalue weighted by Gasteiger charge is -2.08. The molecule has 0 radical (unpaired) electrons. The second-order valence-electron chi connectivity index (χ2n) is 5.73. The van der Waals surface area contributed by atoms with E-state index >= 15 is 0 Å². The van der Waals surface area contributed by atoms with Crippen molar-refractivity contribution in [2.75, 3.05) is 5.32 Å². The zero-order valence-corrected chi connectivity index (χ0v) is 15.4. The summed E-state index contributed by atoms with van der Waals surface area (Å²) in [5, 5.41) is 6.26. The summed E-state index contributed by atoms with van der Waals surface area (Å²) in [5.41, 5.74) is 3.14. The lowest BCUT2D eigenvalue weighted by molar-refractivity contribution is 0.102. The summed E-state index contributed by atoms with van der Waals surface area (Å²) in [4.78, 5) is 24.2. The number of aryl methyl sites for hydroxylation is 2. The molecule has 0 aliphatic heterocycles. The number of thiazole rings is 1. The molecule has 3 aromatic heterocycles. The summed E-state index contributed by atoms with van der Waals surface area (Å²) >= 11 is 3.10. The summed E-state index contributed by atoms with van der Waals surface area (Å²) in [6.07, 6.45) is 0. The number of hydrogen-bond donors (Lipinski definition) is 1. The lowest BCUT2D eigenvalue weighted by atomic mass is 10.1. The molecule has 0 unspecified atom stereocenters. The number of hydrogen-bond acceptors (Lipinski definition) is 5. The van der Waals surface area contributed by atoms with Gasteiger partial charge in [0.25, 0.3) is 5.91 Å². The quantitative estimate of drug-likeness (QED) is 0.537. The fourth-order valence-electron chi connectivity index (χ4n) is 2.64. The predicted octanol–water partition coefficient (Wildman–Crippen LogP) is 5.29. The molecular weight excluding hydrogens is 350 g/mol. The van der Waals surface area contributed by atoms with Crippen LogP contribution in [0.2, 0.25) is 0 Å². The first-order chi connectivity index (χ1) is 12.1. The third kappa shape index (κ3) is 3.18. The van der Waals surface area contributed by atoms with E-state index in [4.69, 9.17) is 4.98 Å². The number of nitrogens with zero attached hydrogens (tertiary/aromatic N) is 2. The molecule has 0 saturated heterocycles. The van der Waals surface area contributed by atoms with Gasteiger partial charge in [-0.05, 0) is 38.1 Å². The van der Waals surface area contributed by atoms with Crippen molar-refractivity contribution in [3.05, 3.63) is 64.0 Å². The molecule has 4 aromatic rings. The zero-order valence-electron chi connectivity index (χ0n) is 13.7. The van der Waals surface area contributed by atoms with E-state index in [0.717, 1.165) is 27.2 Å². The van der Waals surface area contributed by atoms with Gasteiger partial charge in [0.15, 0.2) is 5.13 Å². The van der Waals surface area contributed by atoms with Crippen LogP contribution in [-0.4, -0.2) is 15.9 Å². The molecule has 124 valence electrons. The molecule has 0 aliphatic carbocycles. The van der Waals surface area contributed by atoms with Gasteiger partial charge in [-0.15, -0.1) is 22.7 Å². The van der Waals surface area contributed by atoms with E-state index in [1.165, 1.54) is 16.2 Å². The Hall–Kier alpha value is -2.57. The summed E-state index contributed by atoms with van der Waals surface area (Å²) in [5.74, 6) is -0.164. The third-order valence-electron chi connectivity index (χ3n) is 3.79. The molecule has 0 spiro atoms. The van der Waals surface area contributed by atoms with Gasteiger partial charge in [-0.25, -0.2) is 9.97 Å². The van der Waals surface area contributed by atoms with E-state index < -0.39 is 0 Å². The molecular formula is C19H15N3OS2. The summed E-state index contributed by atoms with van der Waals surface area (Å²) in [7, 11) is 0. The Bertz CT molecular complexity index is 1080. The predicted molar refractivity (Wildman–Crippen MR) is 105 cm³/mol. The molecule has 25 heavy (non-hydrogen) atoms. The van der Waals surface area contributed by atoms with E-state index in [-0.39, 0.29) is 5.91 Å². The van der Waals surface area contributed by atoms with Gasteiger partial charge in [-0.1, -0.05) is 18.2 Å². The Balaban J connectivity index is 1.82. The van der Waals surface area contributed by atoms with Gasteiger partial charge >= 0.3 is 0 Å². The molecule has 4 rings (SSSR count).